The average molecular weight is 489 g/mol. The number of nitrogens with zero attached hydrogens (tertiary/aromatic N) is 1. The lowest BCUT2D eigenvalue weighted by Gasteiger charge is -2.27. The van der Waals surface area contributed by atoms with Gasteiger partial charge in [-0.15, -0.1) is 0 Å². The number of carboxylic acid groups (broad SMARTS) is 1. The SMILES string of the molecule is O=C(O)Cn1c2c(c3cc(F)ccc31)C[C@@H](NC(=O)[C@@H](Cc1ccc(F)cc1)c1ccccc1)CC2. The Labute approximate surface area is 207 Å². The van der Waals surface area contributed by atoms with E-state index in [2.05, 4.69) is 5.32 Å². The summed E-state index contributed by atoms with van der Waals surface area (Å²) in [6.45, 7) is -0.192. The zero-order valence-corrected chi connectivity index (χ0v) is 19.6. The molecule has 36 heavy (non-hydrogen) atoms. The maximum Gasteiger partial charge on any atom is 0.323 e. The number of halogens is 2. The Morgan fingerprint density at radius 2 is 1.72 bits per heavy atom. The number of benzene rings is 3. The summed E-state index contributed by atoms with van der Waals surface area (Å²) in [4.78, 5) is 25.0. The molecular formula is C29H26F2N2O3. The van der Waals surface area contributed by atoms with Crippen molar-refractivity contribution >= 4 is 22.8 Å². The Morgan fingerprint density at radius 3 is 2.44 bits per heavy atom. The first-order chi connectivity index (χ1) is 17.4. The minimum Gasteiger partial charge on any atom is -0.480 e. The number of rotatable bonds is 7. The van der Waals surface area contributed by atoms with Crippen molar-refractivity contribution in [1.29, 1.82) is 0 Å². The summed E-state index contributed by atoms with van der Waals surface area (Å²) in [5.74, 6) is -2.24. The van der Waals surface area contributed by atoms with E-state index in [0.717, 1.165) is 22.4 Å². The van der Waals surface area contributed by atoms with E-state index >= 15 is 0 Å². The molecule has 0 fully saturated rings. The molecule has 5 rings (SSSR count). The fourth-order valence-corrected chi connectivity index (χ4v) is 5.27. The molecule has 3 aromatic carbocycles. The Hall–Kier alpha value is -4.00. The number of nitrogens with one attached hydrogen (secondary N) is 1. The van der Waals surface area contributed by atoms with Crippen LogP contribution in [0.5, 0.6) is 0 Å². The second-order valence-corrected chi connectivity index (χ2v) is 9.31. The summed E-state index contributed by atoms with van der Waals surface area (Å²) in [6.07, 6.45) is 2.15. The monoisotopic (exact) mass is 488 g/mol. The Morgan fingerprint density at radius 1 is 1.00 bits per heavy atom. The number of fused-ring (bicyclic) bond motifs is 3. The molecule has 0 radical (unpaired) electrons. The molecular weight excluding hydrogens is 462 g/mol. The molecule has 0 aliphatic heterocycles. The number of carbonyl (C=O) groups is 2. The van der Waals surface area contributed by atoms with Gasteiger partial charge in [0.05, 0.1) is 5.92 Å². The molecule has 0 spiro atoms. The fourth-order valence-electron chi connectivity index (χ4n) is 5.27. The minimum atomic E-state index is -0.957. The molecule has 0 saturated carbocycles. The zero-order chi connectivity index (χ0) is 25.2. The van der Waals surface area contributed by atoms with Crippen LogP contribution in [-0.4, -0.2) is 27.6 Å². The van der Waals surface area contributed by atoms with Gasteiger partial charge in [0.2, 0.25) is 5.91 Å². The summed E-state index contributed by atoms with van der Waals surface area (Å²) in [7, 11) is 0. The molecule has 1 aromatic heterocycles. The number of aromatic nitrogens is 1. The molecule has 2 atom stereocenters. The van der Waals surface area contributed by atoms with Crippen molar-refractivity contribution in [2.24, 2.45) is 0 Å². The van der Waals surface area contributed by atoms with Crippen LogP contribution in [0.3, 0.4) is 0 Å². The molecule has 1 aliphatic rings. The van der Waals surface area contributed by atoms with Gasteiger partial charge < -0.3 is 15.0 Å². The normalized spacial score (nSPS) is 15.9. The van der Waals surface area contributed by atoms with E-state index in [0.29, 0.717) is 36.6 Å². The minimum absolute atomic E-state index is 0.126. The van der Waals surface area contributed by atoms with E-state index in [9.17, 15) is 23.5 Å². The molecule has 0 bridgehead atoms. The van der Waals surface area contributed by atoms with Crippen LogP contribution < -0.4 is 5.32 Å². The first-order valence-electron chi connectivity index (χ1n) is 12.0. The molecule has 4 aromatic rings. The van der Waals surface area contributed by atoms with Gasteiger partial charge >= 0.3 is 5.97 Å². The summed E-state index contributed by atoms with van der Waals surface area (Å²) in [5.41, 5.74) is 4.19. The topological polar surface area (TPSA) is 71.3 Å². The highest BCUT2D eigenvalue weighted by molar-refractivity contribution is 5.88. The van der Waals surface area contributed by atoms with Crippen molar-refractivity contribution in [1.82, 2.24) is 9.88 Å². The maximum absolute atomic E-state index is 14.1. The highest BCUT2D eigenvalue weighted by Crippen LogP contribution is 2.33. The quantitative estimate of drug-likeness (QED) is 0.385. The predicted octanol–water partition coefficient (Wildman–Crippen LogP) is 5.00. The summed E-state index contributed by atoms with van der Waals surface area (Å²) in [5, 5.41) is 13.3. The van der Waals surface area contributed by atoms with Crippen LogP contribution in [0.2, 0.25) is 0 Å². The van der Waals surface area contributed by atoms with Crippen LogP contribution in [0.15, 0.2) is 72.8 Å². The van der Waals surface area contributed by atoms with Crippen molar-refractivity contribution in [2.75, 3.05) is 0 Å². The molecule has 0 unspecified atom stereocenters. The predicted molar refractivity (Wildman–Crippen MR) is 133 cm³/mol. The van der Waals surface area contributed by atoms with Gasteiger partial charge in [0, 0.05) is 22.6 Å². The maximum atomic E-state index is 14.1. The Kier molecular flexibility index (Phi) is 6.55. The molecule has 184 valence electrons. The number of hydrogen-bond acceptors (Lipinski definition) is 2. The van der Waals surface area contributed by atoms with E-state index in [-0.39, 0.29) is 30.1 Å². The van der Waals surface area contributed by atoms with Crippen molar-refractivity contribution < 1.29 is 23.5 Å². The Bertz CT molecular complexity index is 1410. The van der Waals surface area contributed by atoms with Gasteiger partial charge in [-0.05, 0) is 72.7 Å². The van der Waals surface area contributed by atoms with Crippen LogP contribution in [0.4, 0.5) is 8.78 Å². The largest absolute Gasteiger partial charge is 0.480 e. The van der Waals surface area contributed by atoms with E-state index < -0.39 is 11.9 Å². The van der Waals surface area contributed by atoms with Gasteiger partial charge in [0.1, 0.15) is 18.2 Å². The molecule has 1 aliphatic carbocycles. The van der Waals surface area contributed by atoms with Crippen molar-refractivity contribution in [3.8, 4) is 0 Å². The smallest absolute Gasteiger partial charge is 0.323 e. The van der Waals surface area contributed by atoms with Gasteiger partial charge in [-0.2, -0.15) is 0 Å². The molecule has 1 amide bonds. The summed E-state index contributed by atoms with van der Waals surface area (Å²) >= 11 is 0. The van der Waals surface area contributed by atoms with Gasteiger partial charge in [-0.25, -0.2) is 8.78 Å². The molecule has 7 heteroatoms. The standard InChI is InChI=1S/C29H26F2N2O3/c30-20-8-6-18(7-9-20)14-23(19-4-2-1-3-5-19)29(36)32-22-11-13-27-25(16-22)24-15-21(31)10-12-26(24)33(27)17-28(34)35/h1-10,12,15,22-23H,11,13-14,16-17H2,(H,32,36)(H,34,35)/t22-,23-/m0/s1. The summed E-state index contributed by atoms with van der Waals surface area (Å²) in [6, 6.07) is 19.9. The number of amides is 1. The highest BCUT2D eigenvalue weighted by Gasteiger charge is 2.29. The second kappa shape index (κ2) is 9.93. The lowest BCUT2D eigenvalue weighted by molar-refractivity contribution is -0.137. The van der Waals surface area contributed by atoms with Crippen LogP contribution in [0, 0.1) is 11.6 Å². The van der Waals surface area contributed by atoms with Gasteiger partial charge in [0.15, 0.2) is 0 Å². The lowest BCUT2D eigenvalue weighted by atomic mass is 9.88. The molecule has 1 heterocycles. The average Bonchev–Trinajstić information content (AvgIpc) is 3.15. The molecule has 5 nitrogen and oxygen atoms in total. The van der Waals surface area contributed by atoms with Gasteiger partial charge in [-0.1, -0.05) is 42.5 Å². The van der Waals surface area contributed by atoms with Crippen LogP contribution in [0.1, 0.15) is 34.7 Å². The Balaban J connectivity index is 1.41. The van der Waals surface area contributed by atoms with Crippen LogP contribution in [-0.2, 0) is 35.4 Å². The first-order valence-corrected chi connectivity index (χ1v) is 12.0. The number of hydrogen-bond donors (Lipinski definition) is 2. The molecule has 0 saturated heterocycles. The van der Waals surface area contributed by atoms with E-state index in [1.54, 1.807) is 22.8 Å². The number of carboxylic acids is 1. The van der Waals surface area contributed by atoms with Crippen molar-refractivity contribution in [2.45, 2.75) is 44.2 Å². The van der Waals surface area contributed by atoms with Crippen molar-refractivity contribution in [3.63, 3.8) is 0 Å². The third-order valence-corrected chi connectivity index (χ3v) is 6.94. The van der Waals surface area contributed by atoms with E-state index in [4.69, 9.17) is 0 Å². The lowest BCUT2D eigenvalue weighted by Crippen LogP contribution is -2.42. The zero-order valence-electron chi connectivity index (χ0n) is 19.6. The number of carbonyl (C=O) groups excluding carboxylic acids is 1. The molecule has 2 N–H and O–H groups in total. The number of aliphatic carboxylic acids is 1. The first kappa shape index (κ1) is 23.7. The van der Waals surface area contributed by atoms with Crippen molar-refractivity contribution in [3.05, 3.63) is 107 Å². The van der Waals surface area contributed by atoms with Gasteiger partial charge in [-0.3, -0.25) is 9.59 Å². The van der Waals surface area contributed by atoms with Crippen LogP contribution >= 0.6 is 0 Å². The van der Waals surface area contributed by atoms with Crippen LogP contribution in [0.25, 0.3) is 10.9 Å². The summed E-state index contributed by atoms with van der Waals surface area (Å²) < 4.78 is 29.2. The van der Waals surface area contributed by atoms with Gasteiger partial charge in [0.25, 0.3) is 0 Å². The third kappa shape index (κ3) is 4.87. The van der Waals surface area contributed by atoms with E-state index in [1.165, 1.54) is 24.3 Å². The highest BCUT2D eigenvalue weighted by atomic mass is 19.1. The van der Waals surface area contributed by atoms with E-state index in [1.807, 2.05) is 30.3 Å². The fraction of sp³-hybridized carbons (Fsp3) is 0.241. The third-order valence-electron chi connectivity index (χ3n) is 6.94. The second-order valence-electron chi connectivity index (χ2n) is 9.31.